The van der Waals surface area contributed by atoms with Gasteiger partial charge in [-0.05, 0) is 6.07 Å². The number of morpholine rings is 1. The third-order valence-corrected chi connectivity index (χ3v) is 3.12. The second-order valence-electron chi connectivity index (χ2n) is 4.01. The van der Waals surface area contributed by atoms with Crippen molar-refractivity contribution in [2.45, 2.75) is 6.04 Å². The molecule has 1 unspecified atom stereocenters. The number of nitrogens with two attached hydrogens (primary N) is 1. The second-order valence-corrected chi connectivity index (χ2v) is 4.42. The Balaban J connectivity index is 2.36. The van der Waals surface area contributed by atoms with E-state index in [-0.39, 0.29) is 17.2 Å². The Hall–Kier alpha value is -1.86. The van der Waals surface area contributed by atoms with Crippen molar-refractivity contribution in [2.24, 2.45) is 5.73 Å². The van der Waals surface area contributed by atoms with E-state index in [0.717, 1.165) is 0 Å². The van der Waals surface area contributed by atoms with E-state index in [1.165, 1.54) is 12.3 Å². The molecule has 0 aliphatic carbocycles. The number of carboxylic acid groups (broad SMARTS) is 1. The van der Waals surface area contributed by atoms with E-state index in [1.807, 2.05) is 0 Å². The molecule has 1 aliphatic heterocycles. The van der Waals surface area contributed by atoms with Gasteiger partial charge < -0.3 is 20.5 Å². The first-order chi connectivity index (χ1) is 9.00. The summed E-state index contributed by atoms with van der Waals surface area (Å²) in [5.41, 5.74) is 5.22. The predicted molar refractivity (Wildman–Crippen MR) is 67.4 cm³/mol. The van der Waals surface area contributed by atoms with Gasteiger partial charge in [-0.1, -0.05) is 11.6 Å². The zero-order valence-electron chi connectivity index (χ0n) is 9.88. The Bertz CT molecular complexity index is 523. The first kappa shape index (κ1) is 13.6. The average molecular weight is 286 g/mol. The zero-order chi connectivity index (χ0) is 14.0. The molecule has 0 aromatic carbocycles. The summed E-state index contributed by atoms with van der Waals surface area (Å²) in [7, 11) is 0. The summed E-state index contributed by atoms with van der Waals surface area (Å²) in [5.74, 6) is -1.36. The maximum atomic E-state index is 11.4. The zero-order valence-corrected chi connectivity index (χ0v) is 10.6. The molecular formula is C11H12ClN3O4. The number of carbonyl (C=O) groups excluding carboxylic acids is 1. The number of rotatable bonds is 3. The van der Waals surface area contributed by atoms with Crippen molar-refractivity contribution in [2.75, 3.05) is 24.7 Å². The van der Waals surface area contributed by atoms with Crippen LogP contribution >= 0.6 is 11.6 Å². The molecule has 0 radical (unpaired) electrons. The summed E-state index contributed by atoms with van der Waals surface area (Å²) in [6.45, 7) is 0.972. The van der Waals surface area contributed by atoms with Crippen molar-refractivity contribution >= 4 is 29.3 Å². The number of hydrogen-bond donors (Lipinski definition) is 2. The lowest BCUT2D eigenvalue weighted by Gasteiger charge is -2.34. The molecule has 1 saturated heterocycles. The van der Waals surface area contributed by atoms with Crippen LogP contribution in [0.3, 0.4) is 0 Å². The lowest BCUT2D eigenvalue weighted by Crippen LogP contribution is -2.53. The summed E-state index contributed by atoms with van der Waals surface area (Å²) in [5, 5.41) is 9.06. The molecule has 1 atom stereocenters. The molecule has 3 N–H and O–H groups in total. The molecule has 1 aromatic heterocycles. The number of carboxylic acids is 1. The van der Waals surface area contributed by atoms with Gasteiger partial charge in [0.1, 0.15) is 11.9 Å². The van der Waals surface area contributed by atoms with Gasteiger partial charge in [-0.15, -0.1) is 0 Å². The number of amides is 1. The van der Waals surface area contributed by atoms with E-state index < -0.39 is 17.9 Å². The first-order valence-corrected chi connectivity index (χ1v) is 5.91. The van der Waals surface area contributed by atoms with Crippen LogP contribution in [0.25, 0.3) is 0 Å². The summed E-state index contributed by atoms with van der Waals surface area (Å²) in [6.07, 6.45) is 1.24. The molecule has 0 saturated carbocycles. The number of carbonyl (C=O) groups is 2. The average Bonchev–Trinajstić information content (AvgIpc) is 2.39. The van der Waals surface area contributed by atoms with Gasteiger partial charge in [0, 0.05) is 12.7 Å². The van der Waals surface area contributed by atoms with Crippen LogP contribution in [0.1, 0.15) is 10.4 Å². The fourth-order valence-electron chi connectivity index (χ4n) is 1.86. The van der Waals surface area contributed by atoms with E-state index in [1.54, 1.807) is 4.90 Å². The highest BCUT2D eigenvalue weighted by Gasteiger charge is 2.29. The predicted octanol–water partition coefficient (Wildman–Crippen LogP) is 0.124. The molecule has 1 aromatic rings. The lowest BCUT2D eigenvalue weighted by atomic mass is 10.2. The number of hydrogen-bond acceptors (Lipinski definition) is 5. The Morgan fingerprint density at radius 2 is 2.32 bits per heavy atom. The largest absolute Gasteiger partial charge is 0.478 e. The highest BCUT2D eigenvalue weighted by Crippen LogP contribution is 2.23. The summed E-state index contributed by atoms with van der Waals surface area (Å²) in [6, 6.07) is 0.662. The monoisotopic (exact) mass is 285 g/mol. The van der Waals surface area contributed by atoms with Crippen LogP contribution in [0.4, 0.5) is 5.82 Å². The normalized spacial score (nSPS) is 19.2. The van der Waals surface area contributed by atoms with Crippen molar-refractivity contribution in [1.82, 2.24) is 4.98 Å². The van der Waals surface area contributed by atoms with Gasteiger partial charge in [0.15, 0.2) is 0 Å². The third-order valence-electron chi connectivity index (χ3n) is 2.82. The van der Waals surface area contributed by atoms with Gasteiger partial charge in [-0.2, -0.15) is 0 Å². The number of anilines is 1. The Morgan fingerprint density at radius 1 is 1.58 bits per heavy atom. The van der Waals surface area contributed by atoms with Crippen molar-refractivity contribution in [3.63, 3.8) is 0 Å². The minimum atomic E-state index is -1.16. The highest BCUT2D eigenvalue weighted by molar-refractivity contribution is 6.33. The van der Waals surface area contributed by atoms with Crippen LogP contribution in [0.15, 0.2) is 12.3 Å². The highest BCUT2D eigenvalue weighted by atomic mass is 35.5. The minimum absolute atomic E-state index is 0.0418. The van der Waals surface area contributed by atoms with Crippen molar-refractivity contribution in [3.05, 3.63) is 22.8 Å². The van der Waals surface area contributed by atoms with Gasteiger partial charge in [-0.25, -0.2) is 9.78 Å². The smallest absolute Gasteiger partial charge is 0.337 e. The molecule has 102 valence electrons. The fraction of sp³-hybridized carbons (Fsp3) is 0.364. The van der Waals surface area contributed by atoms with Gasteiger partial charge in [0.05, 0.1) is 23.8 Å². The number of nitrogens with zero attached hydrogens (tertiary/aromatic N) is 2. The van der Waals surface area contributed by atoms with Crippen LogP contribution in [0.2, 0.25) is 5.02 Å². The standard InChI is InChI=1S/C11H12ClN3O4/c12-7-4-14-9(3-6(7)11(17)18)15-1-2-19-5-8(15)10(13)16/h3-4,8H,1-2,5H2,(H2,13,16)(H,17,18). The van der Waals surface area contributed by atoms with E-state index in [9.17, 15) is 9.59 Å². The Kier molecular flexibility index (Phi) is 3.87. The number of aromatic nitrogens is 1. The van der Waals surface area contributed by atoms with E-state index >= 15 is 0 Å². The first-order valence-electron chi connectivity index (χ1n) is 5.53. The fourth-order valence-corrected chi connectivity index (χ4v) is 2.05. The molecule has 2 rings (SSSR count). The van der Waals surface area contributed by atoms with E-state index in [2.05, 4.69) is 4.98 Å². The van der Waals surface area contributed by atoms with E-state index in [4.69, 9.17) is 27.2 Å². The molecule has 1 amide bonds. The molecule has 7 nitrogen and oxygen atoms in total. The van der Waals surface area contributed by atoms with Gasteiger partial charge in [-0.3, -0.25) is 4.79 Å². The quantitative estimate of drug-likeness (QED) is 0.817. The van der Waals surface area contributed by atoms with Gasteiger partial charge >= 0.3 is 5.97 Å². The van der Waals surface area contributed by atoms with Crippen LogP contribution in [-0.4, -0.2) is 47.8 Å². The van der Waals surface area contributed by atoms with E-state index in [0.29, 0.717) is 19.0 Å². The molecule has 19 heavy (non-hydrogen) atoms. The Morgan fingerprint density at radius 3 is 2.95 bits per heavy atom. The number of pyridine rings is 1. The number of aromatic carboxylic acids is 1. The number of ether oxygens (including phenoxy) is 1. The van der Waals surface area contributed by atoms with Gasteiger partial charge in [0.2, 0.25) is 5.91 Å². The maximum absolute atomic E-state index is 11.4. The van der Waals surface area contributed by atoms with Crippen LogP contribution in [0.5, 0.6) is 0 Å². The van der Waals surface area contributed by atoms with Crippen LogP contribution in [0, 0.1) is 0 Å². The summed E-state index contributed by atoms with van der Waals surface area (Å²) in [4.78, 5) is 28.0. The molecule has 8 heteroatoms. The summed E-state index contributed by atoms with van der Waals surface area (Å²) >= 11 is 5.75. The molecule has 1 aliphatic rings. The number of primary amides is 1. The SMILES string of the molecule is NC(=O)C1COCCN1c1cc(C(=O)O)c(Cl)cn1. The van der Waals surface area contributed by atoms with Crippen LogP contribution in [-0.2, 0) is 9.53 Å². The lowest BCUT2D eigenvalue weighted by molar-refractivity contribution is -0.121. The maximum Gasteiger partial charge on any atom is 0.337 e. The number of halogens is 1. The minimum Gasteiger partial charge on any atom is -0.478 e. The van der Waals surface area contributed by atoms with Gasteiger partial charge in [0.25, 0.3) is 0 Å². The van der Waals surface area contributed by atoms with Crippen molar-refractivity contribution < 1.29 is 19.4 Å². The van der Waals surface area contributed by atoms with Crippen LogP contribution < -0.4 is 10.6 Å². The molecule has 0 bridgehead atoms. The van der Waals surface area contributed by atoms with Crippen molar-refractivity contribution in [3.8, 4) is 0 Å². The molecule has 2 heterocycles. The second kappa shape index (κ2) is 5.41. The molecule has 1 fully saturated rings. The molecule has 0 spiro atoms. The Labute approximate surface area is 113 Å². The third kappa shape index (κ3) is 2.77. The topological polar surface area (TPSA) is 106 Å². The molecular weight excluding hydrogens is 274 g/mol. The summed E-state index contributed by atoms with van der Waals surface area (Å²) < 4.78 is 5.18. The van der Waals surface area contributed by atoms with Crippen molar-refractivity contribution in [1.29, 1.82) is 0 Å².